The summed E-state index contributed by atoms with van der Waals surface area (Å²) in [6.07, 6.45) is 2.02. The minimum Gasteiger partial charge on any atom is -0.492 e. The third-order valence-electron chi connectivity index (χ3n) is 5.59. The Labute approximate surface area is 191 Å². The van der Waals surface area contributed by atoms with Crippen LogP contribution in [0.5, 0.6) is 5.75 Å². The van der Waals surface area contributed by atoms with Crippen molar-refractivity contribution in [3.05, 3.63) is 94.4 Å². The standard InChI is InChI=1S/C25H25N3O5/c29-22(26-18-25(13-14-25)19-7-3-1-4-8-19)17-33-24(31)21-11-12-23(30)28(27-21)15-16-32-20-9-5-2-6-10-20/h1-12H,13-18H2,(H,26,29). The number of hydrogen-bond acceptors (Lipinski definition) is 6. The van der Waals surface area contributed by atoms with Crippen LogP contribution in [0.4, 0.5) is 0 Å². The Bertz CT molecular complexity index is 1160. The van der Waals surface area contributed by atoms with Gasteiger partial charge in [-0.2, -0.15) is 5.10 Å². The van der Waals surface area contributed by atoms with Gasteiger partial charge in [-0.3, -0.25) is 9.59 Å². The van der Waals surface area contributed by atoms with Gasteiger partial charge in [0.2, 0.25) is 0 Å². The van der Waals surface area contributed by atoms with E-state index in [1.807, 2.05) is 36.4 Å². The van der Waals surface area contributed by atoms with Crippen LogP contribution in [0.3, 0.4) is 0 Å². The van der Waals surface area contributed by atoms with Gasteiger partial charge in [0.25, 0.3) is 11.5 Å². The molecule has 1 aliphatic rings. The van der Waals surface area contributed by atoms with Crippen LogP contribution < -0.4 is 15.6 Å². The summed E-state index contributed by atoms with van der Waals surface area (Å²) in [5.41, 5.74) is 0.756. The van der Waals surface area contributed by atoms with Crippen molar-refractivity contribution in [2.45, 2.75) is 24.8 Å². The number of para-hydroxylation sites is 1. The summed E-state index contributed by atoms with van der Waals surface area (Å²) in [5.74, 6) is -0.477. The fraction of sp³-hybridized carbons (Fsp3) is 0.280. The summed E-state index contributed by atoms with van der Waals surface area (Å²) < 4.78 is 11.8. The number of carbonyl (C=O) groups excluding carboxylic acids is 2. The van der Waals surface area contributed by atoms with E-state index in [0.717, 1.165) is 17.5 Å². The monoisotopic (exact) mass is 447 g/mol. The molecular weight excluding hydrogens is 422 g/mol. The number of rotatable bonds is 10. The van der Waals surface area contributed by atoms with Crippen molar-refractivity contribution in [2.24, 2.45) is 0 Å². The van der Waals surface area contributed by atoms with Crippen LogP contribution in [0, 0.1) is 0 Å². The number of benzene rings is 2. The van der Waals surface area contributed by atoms with E-state index in [9.17, 15) is 14.4 Å². The van der Waals surface area contributed by atoms with Gasteiger partial charge < -0.3 is 14.8 Å². The van der Waals surface area contributed by atoms with Gasteiger partial charge in [-0.1, -0.05) is 48.5 Å². The van der Waals surface area contributed by atoms with Gasteiger partial charge in [0, 0.05) is 18.0 Å². The third-order valence-corrected chi connectivity index (χ3v) is 5.59. The van der Waals surface area contributed by atoms with Crippen LogP contribution in [0.25, 0.3) is 0 Å². The smallest absolute Gasteiger partial charge is 0.359 e. The number of esters is 1. The molecule has 1 amide bonds. The molecule has 0 bridgehead atoms. The molecule has 0 saturated heterocycles. The van der Waals surface area contributed by atoms with E-state index < -0.39 is 12.6 Å². The highest BCUT2D eigenvalue weighted by Gasteiger charge is 2.44. The number of amides is 1. The largest absolute Gasteiger partial charge is 0.492 e. The summed E-state index contributed by atoms with van der Waals surface area (Å²) >= 11 is 0. The summed E-state index contributed by atoms with van der Waals surface area (Å²) in [6.45, 7) is 0.456. The second-order valence-corrected chi connectivity index (χ2v) is 7.94. The van der Waals surface area contributed by atoms with E-state index in [1.54, 1.807) is 12.1 Å². The summed E-state index contributed by atoms with van der Waals surface area (Å²) in [7, 11) is 0. The predicted octanol–water partition coefficient (Wildman–Crippen LogP) is 2.33. The van der Waals surface area contributed by atoms with Crippen molar-refractivity contribution < 1.29 is 19.1 Å². The molecule has 1 heterocycles. The molecule has 0 unspecified atom stereocenters. The van der Waals surface area contributed by atoms with Gasteiger partial charge >= 0.3 is 5.97 Å². The van der Waals surface area contributed by atoms with E-state index in [2.05, 4.69) is 22.5 Å². The first-order chi connectivity index (χ1) is 16.1. The second-order valence-electron chi connectivity index (χ2n) is 7.94. The van der Waals surface area contributed by atoms with Gasteiger partial charge in [0.15, 0.2) is 12.3 Å². The number of ether oxygens (including phenoxy) is 2. The lowest BCUT2D eigenvalue weighted by atomic mass is 9.96. The molecule has 0 spiro atoms. The predicted molar refractivity (Wildman–Crippen MR) is 121 cm³/mol. The minimum atomic E-state index is -0.771. The molecule has 1 fully saturated rings. The zero-order valence-corrected chi connectivity index (χ0v) is 18.1. The van der Waals surface area contributed by atoms with Crippen LogP contribution in [-0.2, 0) is 21.5 Å². The van der Waals surface area contributed by atoms with Crippen LogP contribution in [0.1, 0.15) is 28.9 Å². The zero-order chi connectivity index (χ0) is 23.1. The SMILES string of the molecule is O=C(COC(=O)c1ccc(=O)n(CCOc2ccccc2)n1)NCC1(c2ccccc2)CC1. The lowest BCUT2D eigenvalue weighted by Crippen LogP contribution is -2.35. The molecule has 0 aliphatic heterocycles. The maximum Gasteiger partial charge on any atom is 0.359 e. The van der Waals surface area contributed by atoms with Gasteiger partial charge in [-0.15, -0.1) is 0 Å². The molecule has 4 rings (SSSR count). The second kappa shape index (κ2) is 10.1. The van der Waals surface area contributed by atoms with Gasteiger partial charge in [-0.25, -0.2) is 9.48 Å². The maximum absolute atomic E-state index is 12.3. The van der Waals surface area contributed by atoms with Crippen molar-refractivity contribution in [1.29, 1.82) is 0 Å². The Hall–Kier alpha value is -3.94. The van der Waals surface area contributed by atoms with Crippen molar-refractivity contribution >= 4 is 11.9 Å². The molecule has 2 aromatic carbocycles. The topological polar surface area (TPSA) is 99.5 Å². The van der Waals surface area contributed by atoms with E-state index in [0.29, 0.717) is 12.3 Å². The molecule has 0 radical (unpaired) electrons. The third kappa shape index (κ3) is 5.85. The summed E-state index contributed by atoms with van der Waals surface area (Å²) in [4.78, 5) is 36.6. The number of carbonyl (C=O) groups is 2. The molecule has 33 heavy (non-hydrogen) atoms. The molecule has 170 valence electrons. The van der Waals surface area contributed by atoms with E-state index >= 15 is 0 Å². The van der Waals surface area contributed by atoms with Crippen molar-refractivity contribution in [3.8, 4) is 5.75 Å². The average molecular weight is 447 g/mol. The Morgan fingerprint density at radius 1 is 0.970 bits per heavy atom. The lowest BCUT2D eigenvalue weighted by Gasteiger charge is -2.16. The van der Waals surface area contributed by atoms with Crippen molar-refractivity contribution in [2.75, 3.05) is 19.8 Å². The Balaban J connectivity index is 1.25. The minimum absolute atomic E-state index is 0.0280. The molecule has 8 nitrogen and oxygen atoms in total. The number of nitrogens with zero attached hydrogens (tertiary/aromatic N) is 2. The first-order valence-corrected chi connectivity index (χ1v) is 10.8. The number of hydrogen-bond donors (Lipinski definition) is 1. The average Bonchev–Trinajstić information content (AvgIpc) is 3.65. The van der Waals surface area contributed by atoms with Gasteiger partial charge in [-0.05, 0) is 36.6 Å². The first kappa shape index (κ1) is 22.3. The highest BCUT2D eigenvalue weighted by molar-refractivity contribution is 5.89. The van der Waals surface area contributed by atoms with E-state index in [-0.39, 0.29) is 35.7 Å². The fourth-order valence-electron chi connectivity index (χ4n) is 3.52. The Morgan fingerprint density at radius 3 is 2.36 bits per heavy atom. The fourth-order valence-corrected chi connectivity index (χ4v) is 3.52. The number of aromatic nitrogens is 2. The normalized spacial score (nSPS) is 13.7. The van der Waals surface area contributed by atoms with E-state index in [4.69, 9.17) is 9.47 Å². The van der Waals surface area contributed by atoms with Gasteiger partial charge in [0.1, 0.15) is 12.4 Å². The van der Waals surface area contributed by atoms with Crippen molar-refractivity contribution in [1.82, 2.24) is 15.1 Å². The molecule has 0 atom stereocenters. The summed E-state index contributed by atoms with van der Waals surface area (Å²) in [6, 6.07) is 21.8. The number of nitrogens with one attached hydrogen (secondary N) is 1. The molecule has 1 aromatic heterocycles. The van der Waals surface area contributed by atoms with Crippen molar-refractivity contribution in [3.63, 3.8) is 0 Å². The van der Waals surface area contributed by atoms with Crippen LogP contribution in [0.2, 0.25) is 0 Å². The molecule has 1 aliphatic carbocycles. The van der Waals surface area contributed by atoms with Crippen LogP contribution in [0.15, 0.2) is 77.6 Å². The highest BCUT2D eigenvalue weighted by atomic mass is 16.5. The van der Waals surface area contributed by atoms with Crippen LogP contribution in [-0.4, -0.2) is 41.4 Å². The molecular formula is C25H25N3O5. The lowest BCUT2D eigenvalue weighted by molar-refractivity contribution is -0.124. The first-order valence-electron chi connectivity index (χ1n) is 10.8. The molecule has 1 saturated carbocycles. The molecule has 8 heteroatoms. The van der Waals surface area contributed by atoms with Crippen LogP contribution >= 0.6 is 0 Å². The quantitative estimate of drug-likeness (QED) is 0.479. The maximum atomic E-state index is 12.3. The molecule has 3 aromatic rings. The highest BCUT2D eigenvalue weighted by Crippen LogP contribution is 2.47. The van der Waals surface area contributed by atoms with E-state index in [1.165, 1.54) is 17.7 Å². The van der Waals surface area contributed by atoms with Gasteiger partial charge in [0.05, 0.1) is 6.54 Å². The summed E-state index contributed by atoms with van der Waals surface area (Å²) in [5, 5.41) is 6.88. The molecule has 1 N–H and O–H groups in total. The Morgan fingerprint density at radius 2 is 1.67 bits per heavy atom. The zero-order valence-electron chi connectivity index (χ0n) is 18.1. The Kier molecular flexibility index (Phi) is 6.83.